The lowest BCUT2D eigenvalue weighted by Crippen LogP contribution is -2.41. The molecule has 1 aliphatic heterocycles. The van der Waals surface area contributed by atoms with E-state index in [1.54, 1.807) is 0 Å². The van der Waals surface area contributed by atoms with Gasteiger partial charge >= 0.3 is 5.97 Å². The highest BCUT2D eigenvalue weighted by molar-refractivity contribution is 7.99. The molecule has 20 heavy (non-hydrogen) atoms. The van der Waals surface area contributed by atoms with E-state index in [1.807, 2.05) is 0 Å². The van der Waals surface area contributed by atoms with Crippen LogP contribution in [0.15, 0.2) is 16.5 Å². The monoisotopic (exact) mass is 323 g/mol. The third-order valence-electron chi connectivity index (χ3n) is 2.65. The third-order valence-corrected chi connectivity index (χ3v) is 4.37. The largest absolute Gasteiger partial charge is 0.480 e. The summed E-state index contributed by atoms with van der Waals surface area (Å²) in [6.45, 7) is 0. The highest BCUT2D eigenvalue weighted by Gasteiger charge is 2.36. The topological polar surface area (TPSA) is 70.8 Å². The van der Waals surface area contributed by atoms with Gasteiger partial charge in [-0.3, -0.25) is 4.79 Å². The Hall–Kier alpha value is -1.22. The molecule has 0 bridgehead atoms. The number of carbonyl (C=O) groups excluding carboxylic acids is 1. The second-order valence-electron chi connectivity index (χ2n) is 3.97. The second-order valence-corrected chi connectivity index (χ2v) is 5.94. The van der Waals surface area contributed by atoms with E-state index in [1.165, 1.54) is 28.8 Å². The molecule has 1 amide bonds. The van der Waals surface area contributed by atoms with Crippen LogP contribution in [0, 0.1) is 0 Å². The van der Waals surface area contributed by atoms with E-state index >= 15 is 0 Å². The zero-order valence-corrected chi connectivity index (χ0v) is 11.8. The summed E-state index contributed by atoms with van der Waals surface area (Å²) in [6.07, 6.45) is 0. The minimum absolute atomic E-state index is 0.0244. The van der Waals surface area contributed by atoms with Gasteiger partial charge in [0.05, 0.1) is 11.6 Å². The van der Waals surface area contributed by atoms with E-state index in [0.717, 1.165) is 0 Å². The van der Waals surface area contributed by atoms with E-state index in [4.69, 9.17) is 9.52 Å². The lowest BCUT2D eigenvalue weighted by atomic mass is 10.3. The minimum atomic E-state index is -2.51. The Kier molecular flexibility index (Phi) is 4.92. The zero-order chi connectivity index (χ0) is 14.7. The number of carbonyl (C=O) groups is 2. The van der Waals surface area contributed by atoms with Crippen LogP contribution >= 0.6 is 23.5 Å². The lowest BCUT2D eigenvalue weighted by Gasteiger charge is -2.18. The van der Waals surface area contributed by atoms with Gasteiger partial charge in [0, 0.05) is 5.75 Å². The van der Waals surface area contributed by atoms with Crippen molar-refractivity contribution in [3.05, 3.63) is 23.7 Å². The van der Waals surface area contributed by atoms with Crippen molar-refractivity contribution < 1.29 is 27.9 Å². The van der Waals surface area contributed by atoms with Crippen molar-refractivity contribution >= 4 is 35.4 Å². The minimum Gasteiger partial charge on any atom is -0.480 e. The molecule has 110 valence electrons. The molecular formula is C11H11F2NO4S2. The van der Waals surface area contributed by atoms with Crippen LogP contribution in [0.2, 0.25) is 0 Å². The Morgan fingerprint density at radius 1 is 1.55 bits per heavy atom. The molecule has 1 aromatic heterocycles. The molecule has 1 unspecified atom stereocenters. The molecule has 0 saturated carbocycles. The average Bonchev–Trinajstić information content (AvgIpc) is 3.04. The van der Waals surface area contributed by atoms with Gasteiger partial charge < -0.3 is 14.4 Å². The predicted molar refractivity (Wildman–Crippen MR) is 70.9 cm³/mol. The predicted octanol–water partition coefficient (Wildman–Crippen LogP) is 2.34. The van der Waals surface area contributed by atoms with Gasteiger partial charge in [0.1, 0.15) is 11.8 Å². The first kappa shape index (κ1) is 15.2. The molecule has 1 aliphatic rings. The fraction of sp³-hybridized carbons (Fsp3) is 0.455. The van der Waals surface area contributed by atoms with Crippen LogP contribution < -0.4 is 0 Å². The molecule has 0 aliphatic carbocycles. The first-order chi connectivity index (χ1) is 9.49. The average molecular weight is 323 g/mol. The molecule has 1 N–H and O–H groups in total. The molecule has 1 aromatic rings. The van der Waals surface area contributed by atoms with Crippen molar-refractivity contribution in [2.75, 3.05) is 11.6 Å². The summed E-state index contributed by atoms with van der Waals surface area (Å²) in [7, 11) is 0. The number of nitrogens with zero attached hydrogens (tertiary/aromatic N) is 1. The fourth-order valence-electron chi connectivity index (χ4n) is 1.70. The maximum atomic E-state index is 12.1. The van der Waals surface area contributed by atoms with E-state index in [0.29, 0.717) is 17.5 Å². The third kappa shape index (κ3) is 3.45. The summed E-state index contributed by atoms with van der Waals surface area (Å²) < 4.78 is 29.3. The van der Waals surface area contributed by atoms with Crippen molar-refractivity contribution in [1.82, 2.24) is 4.90 Å². The molecule has 9 heteroatoms. The van der Waals surface area contributed by atoms with E-state index < -0.39 is 23.7 Å². The van der Waals surface area contributed by atoms with E-state index in [2.05, 4.69) is 0 Å². The standard InChI is InChI=1S/C11H11F2NO4S2/c12-11(13)20-3-6-1-2-8(18-6)9(15)14-5-19-4-7(14)10(16)17/h1-2,7,11H,3-5H2,(H,16,17). The molecule has 0 spiro atoms. The number of carboxylic acid groups (broad SMARTS) is 1. The number of furan rings is 1. The van der Waals surface area contributed by atoms with Gasteiger partial charge in [-0.05, 0) is 12.1 Å². The van der Waals surface area contributed by atoms with E-state index in [-0.39, 0.29) is 23.2 Å². The number of alkyl halides is 2. The van der Waals surface area contributed by atoms with Crippen LogP contribution in [0.4, 0.5) is 8.78 Å². The van der Waals surface area contributed by atoms with Crippen molar-refractivity contribution in [3.63, 3.8) is 0 Å². The van der Waals surface area contributed by atoms with Gasteiger partial charge in [0.25, 0.3) is 11.7 Å². The van der Waals surface area contributed by atoms with Gasteiger partial charge in [-0.2, -0.15) is 8.78 Å². The Balaban J connectivity index is 2.04. The van der Waals surface area contributed by atoms with Crippen LogP contribution in [-0.2, 0) is 10.5 Å². The number of hydrogen-bond acceptors (Lipinski definition) is 5. The highest BCUT2D eigenvalue weighted by atomic mass is 32.2. The van der Waals surface area contributed by atoms with Crippen molar-refractivity contribution in [2.24, 2.45) is 0 Å². The van der Waals surface area contributed by atoms with Crippen LogP contribution in [0.25, 0.3) is 0 Å². The summed E-state index contributed by atoms with van der Waals surface area (Å²) in [6, 6.07) is 1.95. The maximum Gasteiger partial charge on any atom is 0.327 e. The van der Waals surface area contributed by atoms with Crippen molar-refractivity contribution in [3.8, 4) is 0 Å². The number of thioether (sulfide) groups is 2. The first-order valence-electron chi connectivity index (χ1n) is 5.59. The normalized spacial score (nSPS) is 18.8. The van der Waals surface area contributed by atoms with Gasteiger partial charge in [0.15, 0.2) is 5.76 Å². The van der Waals surface area contributed by atoms with Gasteiger partial charge in [0.2, 0.25) is 0 Å². The molecule has 2 heterocycles. The molecule has 2 rings (SSSR count). The quantitative estimate of drug-likeness (QED) is 0.897. The summed E-state index contributed by atoms with van der Waals surface area (Å²) in [5.74, 6) is -3.30. The number of rotatable bonds is 5. The SMILES string of the molecule is O=C(O)C1CSCN1C(=O)c1ccc(CSC(F)F)o1. The summed E-state index contributed by atoms with van der Waals surface area (Å²) in [4.78, 5) is 24.3. The van der Waals surface area contributed by atoms with Crippen LogP contribution in [0.1, 0.15) is 16.3 Å². The number of hydrogen-bond donors (Lipinski definition) is 1. The van der Waals surface area contributed by atoms with Crippen LogP contribution in [-0.4, -0.2) is 45.3 Å². The molecule has 1 fully saturated rings. The molecular weight excluding hydrogens is 312 g/mol. The number of aliphatic carboxylic acids is 1. The molecule has 0 aromatic carbocycles. The molecule has 0 radical (unpaired) electrons. The fourth-order valence-corrected chi connectivity index (χ4v) is 3.29. The van der Waals surface area contributed by atoms with Gasteiger partial charge in [-0.1, -0.05) is 11.8 Å². The van der Waals surface area contributed by atoms with Crippen LogP contribution in [0.5, 0.6) is 0 Å². The Morgan fingerprint density at radius 2 is 2.30 bits per heavy atom. The van der Waals surface area contributed by atoms with Crippen molar-refractivity contribution in [1.29, 1.82) is 0 Å². The number of carboxylic acids is 1. The molecule has 1 saturated heterocycles. The van der Waals surface area contributed by atoms with Gasteiger partial charge in [-0.25, -0.2) is 4.79 Å². The summed E-state index contributed by atoms with van der Waals surface area (Å²) >= 11 is 1.74. The Bertz CT molecular complexity index is 508. The maximum absolute atomic E-state index is 12.1. The van der Waals surface area contributed by atoms with Gasteiger partial charge in [-0.15, -0.1) is 11.8 Å². The zero-order valence-electron chi connectivity index (χ0n) is 10.1. The highest BCUT2D eigenvalue weighted by Crippen LogP contribution is 2.25. The number of amides is 1. The molecule has 5 nitrogen and oxygen atoms in total. The first-order valence-corrected chi connectivity index (χ1v) is 7.79. The summed E-state index contributed by atoms with van der Waals surface area (Å²) in [5, 5.41) is 9.01. The molecule has 1 atom stereocenters. The van der Waals surface area contributed by atoms with Crippen LogP contribution in [0.3, 0.4) is 0 Å². The Labute approximate surface area is 121 Å². The van der Waals surface area contributed by atoms with E-state index in [9.17, 15) is 18.4 Å². The number of halogens is 2. The summed E-state index contributed by atoms with van der Waals surface area (Å²) in [5.41, 5.74) is 0. The lowest BCUT2D eigenvalue weighted by molar-refractivity contribution is -0.140. The second kappa shape index (κ2) is 6.49. The van der Waals surface area contributed by atoms with Crippen molar-refractivity contribution in [2.45, 2.75) is 17.6 Å². The smallest absolute Gasteiger partial charge is 0.327 e. The Morgan fingerprint density at radius 3 is 2.95 bits per heavy atom.